The number of rotatable bonds is 12. The van der Waals surface area contributed by atoms with Gasteiger partial charge in [0.05, 0.1) is 12.6 Å². The molecule has 0 radical (unpaired) electrons. The summed E-state index contributed by atoms with van der Waals surface area (Å²) in [4.78, 5) is 44.8. The maximum absolute atomic E-state index is 14.4. The predicted octanol–water partition coefficient (Wildman–Crippen LogP) is 5.32. The molecular weight excluding hydrogens is 604 g/mol. The highest BCUT2D eigenvalue weighted by atomic mass is 19.1. The number of likely N-dealkylation sites (tertiary alicyclic amines) is 1. The van der Waals surface area contributed by atoms with Crippen molar-refractivity contribution in [2.24, 2.45) is 18.4 Å². The Morgan fingerprint density at radius 2 is 1.68 bits per heavy atom. The maximum atomic E-state index is 14.4. The van der Waals surface area contributed by atoms with E-state index in [-0.39, 0.29) is 54.1 Å². The van der Waals surface area contributed by atoms with Crippen molar-refractivity contribution in [2.45, 2.75) is 79.0 Å². The minimum atomic E-state index is -0.821. The maximum Gasteiger partial charge on any atom is 0.274 e. The Hall–Kier alpha value is -4.28. The van der Waals surface area contributed by atoms with E-state index < -0.39 is 23.6 Å². The molecule has 4 rings (SSSR count). The van der Waals surface area contributed by atoms with Crippen molar-refractivity contribution in [3.63, 3.8) is 0 Å². The van der Waals surface area contributed by atoms with Gasteiger partial charge >= 0.3 is 0 Å². The van der Waals surface area contributed by atoms with Gasteiger partial charge < -0.3 is 19.9 Å². The van der Waals surface area contributed by atoms with Gasteiger partial charge in [-0.15, -0.1) is 0 Å². The summed E-state index contributed by atoms with van der Waals surface area (Å²) in [6.45, 7) is 12.0. The van der Waals surface area contributed by atoms with E-state index >= 15 is 0 Å². The van der Waals surface area contributed by atoms with Gasteiger partial charge in [0.15, 0.2) is 5.69 Å². The topological polar surface area (TPSA) is 96.8 Å². The molecule has 3 amide bonds. The van der Waals surface area contributed by atoms with Crippen molar-refractivity contribution in [1.29, 1.82) is 0 Å². The zero-order valence-corrected chi connectivity index (χ0v) is 28.4. The molecule has 1 aliphatic heterocycles. The number of aryl methyl sites for hydroxylation is 2. The number of nitrogens with zero attached hydrogens (tertiary/aromatic N) is 4. The standard InChI is InChI=1S/C36H47F2N5O4/c1-8-23(2)33(44)39-32(36(4,5)6)35(46)43-22-30(47-29-15-13-27(38)14-16-29)20-28(43)21-42(18-17-25-9-11-26(37)12-10-25)34(45)31-19-24(3)41(7)40-31/h9-16,19,23,28,30,32H,8,17-18,20-22H2,1-7H3,(H,39,44)/t23-,28+,30+,32-/m1/s1. The van der Waals surface area contributed by atoms with E-state index in [1.54, 1.807) is 51.9 Å². The molecule has 1 N–H and O–H groups in total. The summed E-state index contributed by atoms with van der Waals surface area (Å²) in [7, 11) is 1.77. The average molecular weight is 652 g/mol. The fourth-order valence-corrected chi connectivity index (χ4v) is 5.66. The van der Waals surface area contributed by atoms with E-state index in [4.69, 9.17) is 4.74 Å². The van der Waals surface area contributed by atoms with Crippen LogP contribution in [0.3, 0.4) is 0 Å². The molecule has 0 unspecified atom stereocenters. The number of nitrogens with one attached hydrogen (secondary N) is 1. The van der Waals surface area contributed by atoms with Crippen molar-refractivity contribution in [1.82, 2.24) is 24.9 Å². The molecule has 0 bridgehead atoms. The SMILES string of the molecule is CC[C@@H](C)C(=O)N[C@H](C(=O)N1C[C@@H](Oc2ccc(F)cc2)C[C@H]1CN(CCc1ccc(F)cc1)C(=O)c1cc(C)n(C)n1)C(C)(C)C. The number of halogens is 2. The van der Waals surface area contributed by atoms with Crippen LogP contribution in [0.2, 0.25) is 0 Å². The molecule has 3 aromatic rings. The summed E-state index contributed by atoms with van der Waals surface area (Å²) < 4.78 is 35.1. The highest BCUT2D eigenvalue weighted by molar-refractivity contribution is 5.93. The van der Waals surface area contributed by atoms with Crippen LogP contribution in [0.5, 0.6) is 5.75 Å². The van der Waals surface area contributed by atoms with Crippen LogP contribution in [0.4, 0.5) is 8.78 Å². The highest BCUT2D eigenvalue weighted by Crippen LogP contribution is 2.29. The third kappa shape index (κ3) is 9.17. The zero-order valence-electron chi connectivity index (χ0n) is 28.4. The van der Waals surface area contributed by atoms with E-state index in [2.05, 4.69) is 10.4 Å². The molecule has 0 spiro atoms. The summed E-state index contributed by atoms with van der Waals surface area (Å²) in [5.41, 5.74) is 1.36. The summed E-state index contributed by atoms with van der Waals surface area (Å²) in [6.07, 6.45) is 1.06. The first kappa shape index (κ1) is 35.6. The van der Waals surface area contributed by atoms with E-state index in [0.29, 0.717) is 31.6 Å². The van der Waals surface area contributed by atoms with Crippen LogP contribution in [-0.2, 0) is 23.1 Å². The Bertz CT molecular complexity index is 1510. The van der Waals surface area contributed by atoms with Gasteiger partial charge in [0, 0.05) is 38.2 Å². The molecule has 4 atom stereocenters. The molecule has 2 aromatic carbocycles. The second-order valence-corrected chi connectivity index (χ2v) is 13.6. The minimum Gasteiger partial charge on any atom is -0.489 e. The molecule has 254 valence electrons. The van der Waals surface area contributed by atoms with E-state index in [0.717, 1.165) is 11.3 Å². The molecule has 1 fully saturated rings. The fraction of sp³-hybridized carbons (Fsp3) is 0.500. The Morgan fingerprint density at radius 1 is 1.06 bits per heavy atom. The van der Waals surface area contributed by atoms with Gasteiger partial charge in [0.2, 0.25) is 11.8 Å². The van der Waals surface area contributed by atoms with E-state index in [1.165, 1.54) is 24.3 Å². The summed E-state index contributed by atoms with van der Waals surface area (Å²) in [5.74, 6) is -1.27. The summed E-state index contributed by atoms with van der Waals surface area (Å²) in [5, 5.41) is 7.42. The number of hydrogen-bond donors (Lipinski definition) is 1. The number of ether oxygens (including phenoxy) is 1. The van der Waals surface area contributed by atoms with Crippen LogP contribution in [0.1, 0.15) is 69.2 Å². The lowest BCUT2D eigenvalue weighted by molar-refractivity contribution is -0.141. The Labute approximate surface area is 276 Å². The predicted molar refractivity (Wildman–Crippen MR) is 176 cm³/mol. The smallest absolute Gasteiger partial charge is 0.274 e. The van der Waals surface area contributed by atoms with Crippen LogP contribution in [0, 0.1) is 29.9 Å². The van der Waals surface area contributed by atoms with E-state index in [1.807, 2.05) is 41.5 Å². The van der Waals surface area contributed by atoms with Crippen LogP contribution < -0.4 is 10.1 Å². The van der Waals surface area contributed by atoms with E-state index in [9.17, 15) is 23.2 Å². The van der Waals surface area contributed by atoms with Crippen molar-refractivity contribution >= 4 is 17.7 Å². The second-order valence-electron chi connectivity index (χ2n) is 13.6. The van der Waals surface area contributed by atoms with Crippen LogP contribution in [0.15, 0.2) is 54.6 Å². The van der Waals surface area contributed by atoms with Crippen LogP contribution in [-0.4, -0.2) is 75.1 Å². The Morgan fingerprint density at radius 3 is 2.23 bits per heavy atom. The normalized spacial score (nSPS) is 17.7. The Kier molecular flexibility index (Phi) is 11.4. The molecule has 9 nitrogen and oxygen atoms in total. The van der Waals surface area contributed by atoms with Crippen molar-refractivity contribution in [3.05, 3.63) is 83.2 Å². The van der Waals surface area contributed by atoms with Crippen molar-refractivity contribution < 1.29 is 27.9 Å². The van der Waals surface area contributed by atoms with Crippen molar-refractivity contribution in [2.75, 3.05) is 19.6 Å². The molecular formula is C36H47F2N5O4. The van der Waals surface area contributed by atoms with Gasteiger partial charge in [0.25, 0.3) is 5.91 Å². The average Bonchev–Trinajstić information content (AvgIpc) is 3.59. The number of amides is 3. The van der Waals surface area contributed by atoms with Gasteiger partial charge in [-0.1, -0.05) is 46.8 Å². The van der Waals surface area contributed by atoms with Crippen LogP contribution >= 0.6 is 0 Å². The lowest BCUT2D eigenvalue weighted by atomic mass is 9.85. The van der Waals surface area contributed by atoms with Gasteiger partial charge in [0.1, 0.15) is 29.5 Å². The molecule has 0 aliphatic carbocycles. The van der Waals surface area contributed by atoms with Gasteiger partial charge in [-0.05, 0) is 73.2 Å². The highest BCUT2D eigenvalue weighted by Gasteiger charge is 2.44. The molecule has 2 heterocycles. The molecule has 11 heteroatoms. The number of carbonyl (C=O) groups excluding carboxylic acids is 3. The quantitative estimate of drug-likeness (QED) is 0.286. The monoisotopic (exact) mass is 651 g/mol. The first-order chi connectivity index (χ1) is 22.2. The van der Waals surface area contributed by atoms with Crippen LogP contribution in [0.25, 0.3) is 0 Å². The number of carbonyl (C=O) groups is 3. The largest absolute Gasteiger partial charge is 0.489 e. The fourth-order valence-electron chi connectivity index (χ4n) is 5.66. The number of benzene rings is 2. The molecule has 47 heavy (non-hydrogen) atoms. The number of hydrogen-bond acceptors (Lipinski definition) is 5. The van der Waals surface area contributed by atoms with Gasteiger partial charge in [-0.2, -0.15) is 5.10 Å². The zero-order chi connectivity index (χ0) is 34.5. The lowest BCUT2D eigenvalue weighted by Gasteiger charge is -2.37. The molecule has 0 saturated carbocycles. The van der Waals surface area contributed by atoms with Crippen molar-refractivity contribution in [3.8, 4) is 5.75 Å². The van der Waals surface area contributed by atoms with Gasteiger partial charge in [-0.25, -0.2) is 8.78 Å². The lowest BCUT2D eigenvalue weighted by Crippen LogP contribution is -2.58. The first-order valence-corrected chi connectivity index (χ1v) is 16.2. The molecule has 1 aliphatic rings. The molecule has 1 saturated heterocycles. The second kappa shape index (κ2) is 15.1. The third-order valence-corrected chi connectivity index (χ3v) is 8.87. The first-order valence-electron chi connectivity index (χ1n) is 16.2. The minimum absolute atomic E-state index is 0.181. The number of aromatic nitrogens is 2. The Balaban J connectivity index is 1.66. The summed E-state index contributed by atoms with van der Waals surface area (Å²) in [6, 6.07) is 12.3. The summed E-state index contributed by atoms with van der Waals surface area (Å²) >= 11 is 0. The third-order valence-electron chi connectivity index (χ3n) is 8.87. The molecule has 1 aromatic heterocycles. The van der Waals surface area contributed by atoms with Gasteiger partial charge in [-0.3, -0.25) is 19.1 Å².